The van der Waals surface area contributed by atoms with Gasteiger partial charge in [-0.3, -0.25) is 9.59 Å². The van der Waals surface area contributed by atoms with Crippen molar-refractivity contribution in [1.29, 1.82) is 0 Å². The van der Waals surface area contributed by atoms with Gasteiger partial charge in [0, 0.05) is 23.5 Å². The van der Waals surface area contributed by atoms with E-state index in [-0.39, 0.29) is 18.2 Å². The first-order valence-electron chi connectivity index (χ1n) is 9.72. The highest BCUT2D eigenvalue weighted by molar-refractivity contribution is 8.00. The number of carbonyl (C=O) groups is 2. The van der Waals surface area contributed by atoms with Crippen molar-refractivity contribution in [1.82, 2.24) is 0 Å². The van der Waals surface area contributed by atoms with Crippen LogP contribution in [0.25, 0.3) is 11.1 Å². The number of hydrogen-bond acceptors (Lipinski definition) is 3. The lowest BCUT2D eigenvalue weighted by Crippen LogP contribution is -2.37. The zero-order chi connectivity index (χ0) is 19.8. The molecule has 29 heavy (non-hydrogen) atoms. The number of anilines is 2. The van der Waals surface area contributed by atoms with E-state index in [2.05, 4.69) is 35.6 Å². The van der Waals surface area contributed by atoms with E-state index in [0.717, 1.165) is 22.7 Å². The van der Waals surface area contributed by atoms with Crippen LogP contribution in [0.1, 0.15) is 17.5 Å². The molecule has 0 radical (unpaired) electrons. The largest absolute Gasteiger partial charge is 0.326 e. The van der Waals surface area contributed by atoms with Crippen molar-refractivity contribution in [3.8, 4) is 11.1 Å². The van der Waals surface area contributed by atoms with Crippen LogP contribution >= 0.6 is 11.8 Å². The van der Waals surface area contributed by atoms with E-state index in [1.54, 1.807) is 16.7 Å². The Hall–Kier alpha value is -3.05. The second kappa shape index (κ2) is 7.41. The number of nitrogens with one attached hydrogen (secondary N) is 1. The summed E-state index contributed by atoms with van der Waals surface area (Å²) in [5, 5.41) is 3.00. The number of thioether (sulfide) groups is 1. The summed E-state index contributed by atoms with van der Waals surface area (Å²) in [4.78, 5) is 27.7. The van der Waals surface area contributed by atoms with Gasteiger partial charge in [0.1, 0.15) is 0 Å². The summed E-state index contributed by atoms with van der Waals surface area (Å²) in [5.74, 6) is 0.387. The molecule has 0 unspecified atom stereocenters. The first-order chi connectivity index (χ1) is 14.2. The van der Waals surface area contributed by atoms with Crippen LogP contribution in [0.2, 0.25) is 0 Å². The Morgan fingerprint density at radius 1 is 0.966 bits per heavy atom. The molecular weight excluding hydrogens is 380 g/mol. The molecule has 1 heterocycles. The highest BCUT2D eigenvalue weighted by atomic mass is 32.2. The van der Waals surface area contributed by atoms with Crippen molar-refractivity contribution in [3.63, 3.8) is 0 Å². The normalized spacial score (nSPS) is 14.2. The third-order valence-corrected chi connectivity index (χ3v) is 6.50. The number of carbonyl (C=O) groups excluding carboxylic acids is 2. The molecule has 0 atom stereocenters. The number of rotatable bonds is 4. The second-order valence-electron chi connectivity index (χ2n) is 7.31. The predicted molar refractivity (Wildman–Crippen MR) is 117 cm³/mol. The molecule has 5 heteroatoms. The van der Waals surface area contributed by atoms with Crippen LogP contribution in [-0.2, 0) is 16.0 Å². The van der Waals surface area contributed by atoms with Gasteiger partial charge in [-0.15, -0.1) is 11.8 Å². The number of nitrogens with zero attached hydrogens (tertiary/aromatic N) is 1. The molecular formula is C24H20N2O2S. The maximum atomic E-state index is 12.6. The van der Waals surface area contributed by atoms with Crippen LogP contribution in [0.3, 0.4) is 0 Å². The molecule has 3 aromatic carbocycles. The molecule has 0 spiro atoms. The zero-order valence-corrected chi connectivity index (χ0v) is 16.7. The van der Waals surface area contributed by atoms with Gasteiger partial charge in [0.05, 0.1) is 11.4 Å². The van der Waals surface area contributed by atoms with E-state index in [1.165, 1.54) is 22.3 Å². The first kappa shape index (κ1) is 18.0. The zero-order valence-electron chi connectivity index (χ0n) is 15.9. The number of fused-ring (bicyclic) bond motifs is 4. The molecule has 0 fully saturated rings. The van der Waals surface area contributed by atoms with E-state index in [9.17, 15) is 9.59 Å². The van der Waals surface area contributed by atoms with E-state index < -0.39 is 0 Å². The quantitative estimate of drug-likeness (QED) is 0.539. The Morgan fingerprint density at radius 2 is 1.76 bits per heavy atom. The third kappa shape index (κ3) is 3.42. The maximum Gasteiger partial charge on any atom is 0.237 e. The summed E-state index contributed by atoms with van der Waals surface area (Å²) in [6.45, 7) is 0.385. The lowest BCUT2D eigenvalue weighted by molar-refractivity contribution is -0.117. The lowest BCUT2D eigenvalue weighted by atomic mass is 10.1. The number of para-hydroxylation sites is 1. The third-order valence-electron chi connectivity index (χ3n) is 5.45. The molecule has 1 aliphatic carbocycles. The molecule has 0 saturated carbocycles. The van der Waals surface area contributed by atoms with Gasteiger partial charge in [0.25, 0.3) is 0 Å². The number of hydrogen-bond donors (Lipinski definition) is 1. The molecule has 0 aromatic heterocycles. The van der Waals surface area contributed by atoms with Gasteiger partial charge in [0.2, 0.25) is 11.8 Å². The van der Waals surface area contributed by atoms with Crippen LogP contribution in [0.15, 0.2) is 71.6 Å². The predicted octanol–water partition coefficient (Wildman–Crippen LogP) is 4.73. The van der Waals surface area contributed by atoms with Crippen molar-refractivity contribution in [3.05, 3.63) is 77.9 Å². The molecule has 144 valence electrons. The fourth-order valence-electron chi connectivity index (χ4n) is 4.04. The summed E-state index contributed by atoms with van der Waals surface area (Å²) in [7, 11) is 0. The topological polar surface area (TPSA) is 49.4 Å². The Balaban J connectivity index is 1.28. The maximum absolute atomic E-state index is 12.6. The standard InChI is InChI=1S/C24H20N2O2S/c27-23(11-12-26-21-7-3-4-8-22(21)29-15-24(26)28)25-18-10-9-17-13-16-5-1-2-6-19(16)20(17)14-18/h1-10,14H,11-13,15H2,(H,25,27). The fourth-order valence-corrected chi connectivity index (χ4v) is 4.97. The van der Waals surface area contributed by atoms with Gasteiger partial charge in [-0.2, -0.15) is 0 Å². The van der Waals surface area contributed by atoms with Crippen molar-refractivity contribution in [2.75, 3.05) is 22.5 Å². The highest BCUT2D eigenvalue weighted by Gasteiger charge is 2.25. The summed E-state index contributed by atoms with van der Waals surface area (Å²) in [5.41, 5.74) is 6.74. The second-order valence-corrected chi connectivity index (χ2v) is 8.32. The summed E-state index contributed by atoms with van der Waals surface area (Å²) < 4.78 is 0. The van der Waals surface area contributed by atoms with Gasteiger partial charge in [-0.25, -0.2) is 0 Å². The first-order valence-corrected chi connectivity index (χ1v) is 10.7. The van der Waals surface area contributed by atoms with E-state index >= 15 is 0 Å². The van der Waals surface area contributed by atoms with Crippen molar-refractivity contribution < 1.29 is 9.59 Å². The average Bonchev–Trinajstić information content (AvgIpc) is 3.11. The summed E-state index contributed by atoms with van der Waals surface area (Å²) >= 11 is 1.55. The van der Waals surface area contributed by atoms with Gasteiger partial charge in [-0.1, -0.05) is 42.5 Å². The van der Waals surface area contributed by atoms with Gasteiger partial charge < -0.3 is 10.2 Å². The Bertz CT molecular complexity index is 1130. The molecule has 2 aliphatic rings. The van der Waals surface area contributed by atoms with Gasteiger partial charge in [-0.05, 0) is 52.9 Å². The SMILES string of the molecule is O=C(CCN1C(=O)CSc2ccccc21)Nc1ccc2c(c1)-c1ccccc1C2. The molecule has 1 aliphatic heterocycles. The van der Waals surface area contributed by atoms with E-state index in [1.807, 2.05) is 36.4 Å². The van der Waals surface area contributed by atoms with Crippen LogP contribution in [0, 0.1) is 0 Å². The van der Waals surface area contributed by atoms with Crippen LogP contribution in [-0.4, -0.2) is 24.1 Å². The minimum atomic E-state index is -0.0836. The number of benzene rings is 3. The Kier molecular flexibility index (Phi) is 4.60. The average molecular weight is 401 g/mol. The molecule has 2 amide bonds. The van der Waals surface area contributed by atoms with Gasteiger partial charge in [0.15, 0.2) is 0 Å². The van der Waals surface area contributed by atoms with Crippen molar-refractivity contribution in [2.45, 2.75) is 17.7 Å². The highest BCUT2D eigenvalue weighted by Crippen LogP contribution is 2.38. The summed E-state index contributed by atoms with van der Waals surface area (Å²) in [6, 6.07) is 22.3. The Labute approximate surface area is 173 Å². The number of amides is 2. The monoisotopic (exact) mass is 400 g/mol. The van der Waals surface area contributed by atoms with Crippen LogP contribution < -0.4 is 10.2 Å². The summed E-state index contributed by atoms with van der Waals surface area (Å²) in [6.07, 6.45) is 1.20. The Morgan fingerprint density at radius 3 is 2.69 bits per heavy atom. The van der Waals surface area contributed by atoms with Gasteiger partial charge >= 0.3 is 0 Å². The lowest BCUT2D eigenvalue weighted by Gasteiger charge is -2.28. The molecule has 3 aromatic rings. The van der Waals surface area contributed by atoms with Crippen molar-refractivity contribution >= 4 is 35.0 Å². The van der Waals surface area contributed by atoms with E-state index in [0.29, 0.717) is 12.3 Å². The van der Waals surface area contributed by atoms with Crippen LogP contribution in [0.4, 0.5) is 11.4 Å². The van der Waals surface area contributed by atoms with Crippen molar-refractivity contribution in [2.24, 2.45) is 0 Å². The molecule has 0 saturated heterocycles. The molecule has 0 bridgehead atoms. The minimum absolute atomic E-state index is 0.0515. The molecule has 5 rings (SSSR count). The minimum Gasteiger partial charge on any atom is -0.326 e. The molecule has 4 nitrogen and oxygen atoms in total. The smallest absolute Gasteiger partial charge is 0.237 e. The molecule has 1 N–H and O–H groups in total. The van der Waals surface area contributed by atoms with E-state index in [4.69, 9.17) is 0 Å². The van der Waals surface area contributed by atoms with Crippen LogP contribution in [0.5, 0.6) is 0 Å². The fraction of sp³-hybridized carbons (Fsp3) is 0.167.